The highest BCUT2D eigenvalue weighted by Gasteiger charge is 2.27. The van der Waals surface area contributed by atoms with Crippen molar-refractivity contribution in [3.05, 3.63) is 36.2 Å². The predicted molar refractivity (Wildman–Crippen MR) is 78.8 cm³/mol. The third-order valence-corrected chi connectivity index (χ3v) is 3.33. The minimum absolute atomic E-state index is 0.167. The molecule has 0 saturated heterocycles. The van der Waals surface area contributed by atoms with E-state index >= 15 is 0 Å². The average Bonchev–Trinajstić information content (AvgIpc) is 3.22. The number of rotatable bonds is 5. The first kappa shape index (κ1) is 14.2. The van der Waals surface area contributed by atoms with Gasteiger partial charge in [0.2, 0.25) is 17.9 Å². The van der Waals surface area contributed by atoms with E-state index < -0.39 is 6.10 Å². The van der Waals surface area contributed by atoms with Crippen LogP contribution in [-0.4, -0.2) is 27.9 Å². The second kappa shape index (κ2) is 6.38. The molecule has 0 unspecified atom stereocenters. The molecule has 0 aliphatic carbocycles. The van der Waals surface area contributed by atoms with E-state index in [1.807, 2.05) is 37.3 Å². The van der Waals surface area contributed by atoms with Gasteiger partial charge >= 0.3 is 0 Å². The quantitative estimate of drug-likeness (QED) is 0.911. The minimum atomic E-state index is -0.563. The van der Waals surface area contributed by atoms with Crippen LogP contribution >= 0.6 is 0 Å². The van der Waals surface area contributed by atoms with E-state index in [0.29, 0.717) is 18.2 Å². The van der Waals surface area contributed by atoms with Crippen molar-refractivity contribution < 1.29 is 14.0 Å². The molecule has 3 rings (SSSR count). The van der Waals surface area contributed by atoms with Gasteiger partial charge in [0.05, 0.1) is 12.3 Å². The van der Waals surface area contributed by atoms with Crippen LogP contribution in [0.4, 0.5) is 0 Å². The van der Waals surface area contributed by atoms with Gasteiger partial charge in [0.1, 0.15) is 0 Å². The van der Waals surface area contributed by atoms with Gasteiger partial charge in [-0.25, -0.2) is 0 Å². The van der Waals surface area contributed by atoms with E-state index in [1.54, 1.807) is 0 Å². The molecule has 7 heteroatoms. The molecule has 0 fully saturated rings. The number of hydrogen-bond acceptors (Lipinski definition) is 6. The first-order chi connectivity index (χ1) is 10.8. The van der Waals surface area contributed by atoms with Gasteiger partial charge in [-0.05, 0) is 18.6 Å². The molecule has 1 atom stereocenters. The fourth-order valence-electron chi connectivity index (χ4n) is 2.08. The Balaban J connectivity index is 1.54. The fourth-order valence-corrected chi connectivity index (χ4v) is 2.08. The number of nitrogens with one attached hydrogen (secondary N) is 1. The summed E-state index contributed by atoms with van der Waals surface area (Å²) in [7, 11) is 0. The maximum atomic E-state index is 12.0. The largest absolute Gasteiger partial charge is 0.419 e. The van der Waals surface area contributed by atoms with Crippen LogP contribution in [0.2, 0.25) is 0 Å². The number of carbonyl (C=O) groups excluding carboxylic acids is 1. The third kappa shape index (κ3) is 3.13. The Morgan fingerprint density at radius 1 is 1.32 bits per heavy atom. The van der Waals surface area contributed by atoms with E-state index in [1.165, 1.54) is 0 Å². The fraction of sp³-hybridized carbons (Fsp3) is 0.333. The highest BCUT2D eigenvalue weighted by atomic mass is 16.6. The van der Waals surface area contributed by atoms with Crippen LogP contribution in [0.5, 0.6) is 0 Å². The number of carbonyl (C=O) groups is 1. The van der Waals surface area contributed by atoms with Crippen LogP contribution in [0.1, 0.15) is 25.7 Å². The molecule has 0 radical (unpaired) electrons. The summed E-state index contributed by atoms with van der Waals surface area (Å²) in [5.74, 6) is 0.548. The molecule has 114 valence electrons. The Kier molecular flexibility index (Phi) is 4.13. The molecule has 1 amide bonds. The average molecular weight is 300 g/mol. The van der Waals surface area contributed by atoms with E-state index in [-0.39, 0.29) is 12.5 Å². The SMILES string of the molecule is CCC1=NO[C@H](C(=O)NCc2nnc(-c3ccccc3)o2)C1. The van der Waals surface area contributed by atoms with Gasteiger partial charge in [-0.3, -0.25) is 4.79 Å². The van der Waals surface area contributed by atoms with E-state index in [4.69, 9.17) is 9.25 Å². The zero-order valence-electron chi connectivity index (χ0n) is 12.2. The summed E-state index contributed by atoms with van der Waals surface area (Å²) in [5, 5.41) is 14.5. The first-order valence-electron chi connectivity index (χ1n) is 7.13. The number of oxime groups is 1. The van der Waals surface area contributed by atoms with E-state index in [2.05, 4.69) is 20.7 Å². The van der Waals surface area contributed by atoms with Crippen LogP contribution in [0.3, 0.4) is 0 Å². The molecule has 1 aliphatic heterocycles. The van der Waals surface area contributed by atoms with Crippen molar-refractivity contribution in [3.63, 3.8) is 0 Å². The predicted octanol–water partition coefficient (Wildman–Crippen LogP) is 1.91. The molecule has 22 heavy (non-hydrogen) atoms. The summed E-state index contributed by atoms with van der Waals surface area (Å²) in [6.07, 6.45) is 0.751. The van der Waals surface area contributed by atoms with Gasteiger partial charge < -0.3 is 14.6 Å². The maximum Gasteiger partial charge on any atom is 0.264 e. The molecule has 1 aromatic heterocycles. The standard InChI is InChI=1S/C15H16N4O3/c1-2-11-8-12(22-19-11)14(20)16-9-13-17-18-15(21-13)10-6-4-3-5-7-10/h3-7,12H,2,8-9H2,1H3,(H,16,20)/t12-/m0/s1. The minimum Gasteiger partial charge on any atom is -0.419 e. The van der Waals surface area contributed by atoms with Crippen molar-refractivity contribution in [1.82, 2.24) is 15.5 Å². The lowest BCUT2D eigenvalue weighted by atomic mass is 10.1. The van der Waals surface area contributed by atoms with E-state index in [0.717, 1.165) is 17.7 Å². The Labute approximate surface area is 127 Å². The number of nitrogens with zero attached hydrogens (tertiary/aromatic N) is 3. The Bertz CT molecular complexity index is 681. The smallest absolute Gasteiger partial charge is 0.264 e. The molecule has 0 spiro atoms. The number of aromatic nitrogens is 2. The number of benzene rings is 1. The number of hydrogen-bond donors (Lipinski definition) is 1. The van der Waals surface area contributed by atoms with Crippen molar-refractivity contribution in [2.75, 3.05) is 0 Å². The zero-order chi connectivity index (χ0) is 15.4. The van der Waals surface area contributed by atoms with Crippen LogP contribution in [0.25, 0.3) is 11.5 Å². The summed E-state index contributed by atoms with van der Waals surface area (Å²) < 4.78 is 5.52. The van der Waals surface area contributed by atoms with Gasteiger partial charge in [-0.15, -0.1) is 10.2 Å². The van der Waals surface area contributed by atoms with Gasteiger partial charge in [-0.2, -0.15) is 0 Å². The van der Waals surface area contributed by atoms with Gasteiger partial charge in [0.25, 0.3) is 5.91 Å². The molecular weight excluding hydrogens is 284 g/mol. The molecule has 2 heterocycles. The molecule has 0 bridgehead atoms. The number of amides is 1. The van der Waals surface area contributed by atoms with Crippen molar-refractivity contribution in [2.24, 2.45) is 5.16 Å². The van der Waals surface area contributed by atoms with Crippen LogP contribution in [0.15, 0.2) is 39.9 Å². The summed E-state index contributed by atoms with van der Waals surface area (Å²) in [5.41, 5.74) is 1.73. The van der Waals surface area contributed by atoms with Gasteiger partial charge in [-0.1, -0.05) is 30.3 Å². The van der Waals surface area contributed by atoms with Crippen molar-refractivity contribution >= 4 is 11.6 Å². The van der Waals surface area contributed by atoms with E-state index in [9.17, 15) is 4.79 Å². The molecule has 0 saturated carbocycles. The van der Waals surface area contributed by atoms with Gasteiger partial charge in [0, 0.05) is 12.0 Å². The summed E-state index contributed by atoms with van der Waals surface area (Å²) in [4.78, 5) is 17.0. The molecular formula is C15H16N4O3. The van der Waals surface area contributed by atoms with Crippen LogP contribution in [-0.2, 0) is 16.2 Å². The second-order valence-electron chi connectivity index (χ2n) is 4.89. The van der Waals surface area contributed by atoms with Gasteiger partial charge in [0.15, 0.2) is 0 Å². The normalized spacial score (nSPS) is 17.0. The monoisotopic (exact) mass is 300 g/mol. The van der Waals surface area contributed by atoms with Crippen molar-refractivity contribution in [2.45, 2.75) is 32.4 Å². The third-order valence-electron chi connectivity index (χ3n) is 3.33. The highest BCUT2D eigenvalue weighted by Crippen LogP contribution is 2.17. The lowest BCUT2D eigenvalue weighted by Gasteiger charge is -2.07. The lowest BCUT2D eigenvalue weighted by molar-refractivity contribution is -0.131. The zero-order valence-corrected chi connectivity index (χ0v) is 12.2. The molecule has 2 aromatic rings. The van der Waals surface area contributed by atoms with Crippen LogP contribution < -0.4 is 5.32 Å². The summed E-state index contributed by atoms with van der Waals surface area (Å²) in [6.45, 7) is 2.14. The molecule has 1 aromatic carbocycles. The highest BCUT2D eigenvalue weighted by molar-refractivity contribution is 5.92. The first-order valence-corrected chi connectivity index (χ1v) is 7.13. The van der Waals surface area contributed by atoms with Crippen molar-refractivity contribution in [1.29, 1.82) is 0 Å². The van der Waals surface area contributed by atoms with Crippen LogP contribution in [0, 0.1) is 0 Å². The Morgan fingerprint density at radius 3 is 2.86 bits per heavy atom. The molecule has 7 nitrogen and oxygen atoms in total. The molecule has 1 aliphatic rings. The topological polar surface area (TPSA) is 89.6 Å². The summed E-state index contributed by atoms with van der Waals surface area (Å²) >= 11 is 0. The summed E-state index contributed by atoms with van der Waals surface area (Å²) in [6, 6.07) is 9.46. The Morgan fingerprint density at radius 2 is 2.14 bits per heavy atom. The Hall–Kier alpha value is -2.70. The second-order valence-corrected chi connectivity index (χ2v) is 4.89. The lowest BCUT2D eigenvalue weighted by Crippen LogP contribution is -2.34. The maximum absolute atomic E-state index is 12.0. The molecule has 1 N–H and O–H groups in total. The van der Waals surface area contributed by atoms with Crippen molar-refractivity contribution in [3.8, 4) is 11.5 Å².